The summed E-state index contributed by atoms with van der Waals surface area (Å²) in [4.78, 5) is 0.836. The van der Waals surface area contributed by atoms with Gasteiger partial charge in [-0.3, -0.25) is 0 Å². The third-order valence-electron chi connectivity index (χ3n) is 3.74. The molecule has 6 heteroatoms. The molecule has 0 aliphatic rings. The second-order valence-electron chi connectivity index (χ2n) is 5.31. The fraction of sp³-hybridized carbons (Fsp3) is 0.158. The maximum absolute atomic E-state index is 9.29. The molecule has 0 aliphatic carbocycles. The first-order valence-corrected chi connectivity index (χ1v) is 8.78. The Hall–Kier alpha value is -2.86. The van der Waals surface area contributed by atoms with Gasteiger partial charge in [0.2, 0.25) is 4.80 Å². The van der Waals surface area contributed by atoms with Gasteiger partial charge in [-0.05, 0) is 66.6 Å². The summed E-state index contributed by atoms with van der Waals surface area (Å²) in [6, 6.07) is 14.8. The molecule has 0 atom stereocenters. The van der Waals surface area contributed by atoms with Crippen molar-refractivity contribution in [2.24, 2.45) is 10.2 Å². The molecule has 1 heterocycles. The van der Waals surface area contributed by atoms with Gasteiger partial charge in [0.15, 0.2) is 0 Å². The summed E-state index contributed by atoms with van der Waals surface area (Å²) < 4.78 is 7.34. The number of nitrogens with zero attached hydrogens (tertiary/aromatic N) is 3. The van der Waals surface area contributed by atoms with E-state index in [0.29, 0.717) is 0 Å². The number of ether oxygens (including phenoxy) is 1. The zero-order chi connectivity index (χ0) is 17.6. The zero-order valence-corrected chi connectivity index (χ0v) is 14.9. The number of thiazole rings is 1. The Morgan fingerprint density at radius 2 is 1.84 bits per heavy atom. The number of phenols is 1. The van der Waals surface area contributed by atoms with Crippen LogP contribution in [0.25, 0.3) is 11.3 Å². The first-order valence-electron chi connectivity index (χ1n) is 7.90. The highest BCUT2D eigenvalue weighted by Gasteiger charge is 2.06. The van der Waals surface area contributed by atoms with Crippen molar-refractivity contribution in [3.05, 3.63) is 64.3 Å². The summed E-state index contributed by atoms with van der Waals surface area (Å²) in [5.41, 5.74) is 3.10. The van der Waals surface area contributed by atoms with E-state index < -0.39 is 0 Å². The third-order valence-corrected chi connectivity index (χ3v) is 4.60. The van der Waals surface area contributed by atoms with Crippen LogP contribution in [-0.4, -0.2) is 23.0 Å². The second kappa shape index (κ2) is 7.81. The number of phenolic OH excluding ortho intramolecular Hbond substituents is 1. The highest BCUT2D eigenvalue weighted by atomic mass is 32.1. The lowest BCUT2D eigenvalue weighted by molar-refractivity contribution is 0.415. The van der Waals surface area contributed by atoms with Crippen molar-refractivity contribution in [3.63, 3.8) is 0 Å². The minimum absolute atomic E-state index is 0.236. The van der Waals surface area contributed by atoms with Crippen molar-refractivity contribution in [3.8, 4) is 22.8 Å². The van der Waals surface area contributed by atoms with Crippen LogP contribution in [0.2, 0.25) is 0 Å². The van der Waals surface area contributed by atoms with Crippen LogP contribution in [0.15, 0.2) is 64.1 Å². The topological polar surface area (TPSA) is 59.1 Å². The van der Waals surface area contributed by atoms with Crippen molar-refractivity contribution < 1.29 is 9.84 Å². The van der Waals surface area contributed by atoms with Crippen molar-refractivity contribution in [1.82, 2.24) is 4.57 Å². The molecule has 0 unspecified atom stereocenters. The number of rotatable bonds is 5. The van der Waals surface area contributed by atoms with Gasteiger partial charge in [0.25, 0.3) is 0 Å². The molecule has 0 bridgehead atoms. The zero-order valence-electron chi connectivity index (χ0n) is 14.1. The fourth-order valence-corrected chi connectivity index (χ4v) is 3.34. The van der Waals surface area contributed by atoms with E-state index in [9.17, 15) is 5.11 Å². The molecular weight excluding hydrogens is 334 g/mol. The summed E-state index contributed by atoms with van der Waals surface area (Å²) in [6.45, 7) is 2.89. The first kappa shape index (κ1) is 17.0. The van der Waals surface area contributed by atoms with E-state index in [1.807, 2.05) is 24.3 Å². The van der Waals surface area contributed by atoms with E-state index in [0.717, 1.165) is 33.9 Å². The molecule has 25 heavy (non-hydrogen) atoms. The predicted molar refractivity (Wildman–Crippen MR) is 101 cm³/mol. The summed E-state index contributed by atoms with van der Waals surface area (Å²) >= 11 is 1.55. The standard InChI is InChI=1S/C19H19N3O2S/c1-3-22-18(15-6-10-17(24-2)11-7-15)13-25-19(22)21-20-12-14-4-8-16(23)9-5-14/h4-13,23H,3H2,1-2H3/b20-12-,21-19-. The fourth-order valence-electron chi connectivity index (χ4n) is 2.41. The molecular formula is C19H19N3O2S. The van der Waals surface area contributed by atoms with Crippen LogP contribution in [-0.2, 0) is 6.54 Å². The number of methoxy groups -OCH3 is 1. The Bertz CT molecular complexity index is 923. The van der Waals surface area contributed by atoms with Gasteiger partial charge < -0.3 is 14.4 Å². The highest BCUT2D eigenvalue weighted by Crippen LogP contribution is 2.23. The molecule has 0 saturated carbocycles. The van der Waals surface area contributed by atoms with Crippen molar-refractivity contribution >= 4 is 17.6 Å². The molecule has 1 N–H and O–H groups in total. The van der Waals surface area contributed by atoms with Gasteiger partial charge >= 0.3 is 0 Å². The van der Waals surface area contributed by atoms with E-state index >= 15 is 0 Å². The monoisotopic (exact) mass is 353 g/mol. The normalized spacial score (nSPS) is 12.0. The second-order valence-corrected chi connectivity index (χ2v) is 6.15. The lowest BCUT2D eigenvalue weighted by Gasteiger charge is -2.06. The van der Waals surface area contributed by atoms with Gasteiger partial charge in [-0.1, -0.05) is 0 Å². The summed E-state index contributed by atoms with van der Waals surface area (Å²) in [6.07, 6.45) is 1.67. The van der Waals surface area contributed by atoms with Crippen molar-refractivity contribution in [1.29, 1.82) is 0 Å². The van der Waals surface area contributed by atoms with Crippen LogP contribution in [0.3, 0.4) is 0 Å². The molecule has 0 aliphatic heterocycles. The average molecular weight is 353 g/mol. The first-order chi connectivity index (χ1) is 12.2. The lowest BCUT2D eigenvalue weighted by Crippen LogP contribution is -2.14. The minimum Gasteiger partial charge on any atom is -0.508 e. The largest absolute Gasteiger partial charge is 0.508 e. The molecule has 3 aromatic rings. The van der Waals surface area contributed by atoms with Gasteiger partial charge in [-0.2, -0.15) is 5.10 Å². The molecule has 0 saturated heterocycles. The highest BCUT2D eigenvalue weighted by molar-refractivity contribution is 7.07. The smallest absolute Gasteiger partial charge is 0.211 e. The van der Waals surface area contributed by atoms with Crippen LogP contribution in [0, 0.1) is 0 Å². The summed E-state index contributed by atoms with van der Waals surface area (Å²) in [5, 5.41) is 19.9. The average Bonchev–Trinajstić information content (AvgIpc) is 3.06. The van der Waals surface area contributed by atoms with Gasteiger partial charge in [0.05, 0.1) is 19.0 Å². The molecule has 0 fully saturated rings. The number of aromatic hydroxyl groups is 1. The Kier molecular flexibility index (Phi) is 5.30. The van der Waals surface area contributed by atoms with Crippen molar-refractivity contribution in [2.45, 2.75) is 13.5 Å². The van der Waals surface area contributed by atoms with Gasteiger partial charge in [-0.25, -0.2) is 0 Å². The molecule has 128 valence electrons. The quantitative estimate of drug-likeness (QED) is 0.559. The van der Waals surface area contributed by atoms with Crippen LogP contribution in [0.1, 0.15) is 12.5 Å². The Morgan fingerprint density at radius 1 is 1.12 bits per heavy atom. The molecule has 0 spiro atoms. The van der Waals surface area contributed by atoms with E-state index in [-0.39, 0.29) is 5.75 Å². The Balaban J connectivity index is 1.89. The molecule has 5 nitrogen and oxygen atoms in total. The van der Waals surface area contributed by atoms with Crippen LogP contribution >= 0.6 is 11.3 Å². The van der Waals surface area contributed by atoms with E-state index in [1.165, 1.54) is 0 Å². The van der Waals surface area contributed by atoms with Crippen LogP contribution in [0.4, 0.5) is 0 Å². The molecule has 2 aromatic carbocycles. The Morgan fingerprint density at radius 3 is 2.48 bits per heavy atom. The predicted octanol–water partition coefficient (Wildman–Crippen LogP) is 3.89. The van der Waals surface area contributed by atoms with E-state index in [2.05, 4.69) is 27.1 Å². The molecule has 3 rings (SSSR count). The number of hydrogen-bond acceptors (Lipinski definition) is 5. The van der Waals surface area contributed by atoms with E-state index in [1.54, 1.807) is 48.9 Å². The third kappa shape index (κ3) is 3.97. The van der Waals surface area contributed by atoms with Gasteiger partial charge in [0.1, 0.15) is 11.5 Å². The molecule has 0 amide bonds. The Labute approximate surface area is 150 Å². The molecule has 1 aromatic heterocycles. The number of hydrogen-bond donors (Lipinski definition) is 1. The number of benzene rings is 2. The maximum atomic E-state index is 9.29. The molecule has 0 radical (unpaired) electrons. The van der Waals surface area contributed by atoms with Crippen LogP contribution < -0.4 is 9.54 Å². The van der Waals surface area contributed by atoms with E-state index in [4.69, 9.17) is 4.74 Å². The lowest BCUT2D eigenvalue weighted by atomic mass is 10.1. The SMILES string of the molecule is CCn1c(-c2ccc(OC)cc2)cs/c1=N\N=C/c1ccc(O)cc1. The van der Waals surface area contributed by atoms with Gasteiger partial charge in [-0.15, -0.1) is 16.4 Å². The summed E-state index contributed by atoms with van der Waals surface area (Å²) in [5.74, 6) is 1.07. The van der Waals surface area contributed by atoms with Crippen LogP contribution in [0.5, 0.6) is 11.5 Å². The minimum atomic E-state index is 0.236. The maximum Gasteiger partial charge on any atom is 0.211 e. The van der Waals surface area contributed by atoms with Crippen molar-refractivity contribution in [2.75, 3.05) is 7.11 Å². The number of aromatic nitrogens is 1. The summed E-state index contributed by atoms with van der Waals surface area (Å²) in [7, 11) is 1.66. The van der Waals surface area contributed by atoms with Gasteiger partial charge in [0, 0.05) is 11.9 Å².